The summed E-state index contributed by atoms with van der Waals surface area (Å²) in [6.45, 7) is 10.8. The monoisotopic (exact) mass is 340 g/mol. The number of sulfonamides is 1. The van der Waals surface area contributed by atoms with Crippen LogP contribution in [0.1, 0.15) is 37.8 Å². The maximum absolute atomic E-state index is 12.6. The van der Waals surface area contributed by atoms with Gasteiger partial charge in [-0.1, -0.05) is 0 Å². The third kappa shape index (κ3) is 4.46. The fourth-order valence-corrected chi connectivity index (χ4v) is 4.41. The molecule has 1 saturated heterocycles. The average molecular weight is 340 g/mol. The molecule has 1 N–H and O–H groups in total. The summed E-state index contributed by atoms with van der Waals surface area (Å²) in [6.07, 6.45) is 2.41. The first-order valence-electron chi connectivity index (χ1n) is 8.33. The van der Waals surface area contributed by atoms with E-state index in [1.807, 2.05) is 13.8 Å². The molecule has 1 atom stereocenters. The largest absolute Gasteiger partial charge is 0.494 e. The molecular weight excluding hydrogens is 312 g/mol. The van der Waals surface area contributed by atoms with Crippen molar-refractivity contribution in [3.8, 4) is 5.75 Å². The Balaban J connectivity index is 2.11. The third-order valence-corrected chi connectivity index (χ3v) is 5.96. The molecule has 1 aliphatic rings. The summed E-state index contributed by atoms with van der Waals surface area (Å²) in [7, 11) is -3.50. The Kier molecular flexibility index (Phi) is 6.06. The van der Waals surface area contributed by atoms with Gasteiger partial charge in [0, 0.05) is 12.6 Å². The van der Waals surface area contributed by atoms with E-state index in [0.717, 1.165) is 24.4 Å². The summed E-state index contributed by atoms with van der Waals surface area (Å²) in [5.41, 5.74) is 1.55. The van der Waals surface area contributed by atoms with E-state index in [0.29, 0.717) is 23.6 Å². The van der Waals surface area contributed by atoms with Gasteiger partial charge in [0.2, 0.25) is 10.0 Å². The third-order valence-electron chi connectivity index (χ3n) is 4.39. The molecule has 1 aromatic rings. The first-order valence-corrected chi connectivity index (χ1v) is 9.81. The number of hydrogen-bond donors (Lipinski definition) is 1. The van der Waals surface area contributed by atoms with Crippen molar-refractivity contribution in [1.29, 1.82) is 0 Å². The van der Waals surface area contributed by atoms with Gasteiger partial charge in [0.15, 0.2) is 0 Å². The molecule has 0 radical (unpaired) electrons. The Hall–Kier alpha value is -1.11. The van der Waals surface area contributed by atoms with Crippen molar-refractivity contribution in [3.63, 3.8) is 0 Å². The predicted octanol–water partition coefficient (Wildman–Crippen LogP) is 2.46. The van der Waals surface area contributed by atoms with Gasteiger partial charge in [-0.2, -0.15) is 0 Å². The molecule has 1 fully saturated rings. The van der Waals surface area contributed by atoms with Crippen LogP contribution in [0.3, 0.4) is 0 Å². The van der Waals surface area contributed by atoms with Gasteiger partial charge in [-0.3, -0.25) is 4.90 Å². The number of aryl methyl sites for hydroxylation is 2. The maximum atomic E-state index is 12.6. The normalized spacial score (nSPS) is 17.4. The van der Waals surface area contributed by atoms with Gasteiger partial charge in [-0.25, -0.2) is 13.1 Å². The van der Waals surface area contributed by atoms with E-state index in [1.54, 1.807) is 19.1 Å². The van der Waals surface area contributed by atoms with Crippen LogP contribution in [0, 0.1) is 13.8 Å². The molecule has 1 heterocycles. The first kappa shape index (κ1) is 18.2. The van der Waals surface area contributed by atoms with Crippen LogP contribution in [0.2, 0.25) is 0 Å². The number of hydrogen-bond acceptors (Lipinski definition) is 4. The highest BCUT2D eigenvalue weighted by molar-refractivity contribution is 7.89. The molecule has 2 rings (SSSR count). The van der Waals surface area contributed by atoms with Crippen molar-refractivity contribution in [2.24, 2.45) is 0 Å². The molecule has 0 aliphatic carbocycles. The molecule has 5 nitrogen and oxygen atoms in total. The van der Waals surface area contributed by atoms with Crippen LogP contribution in [-0.4, -0.2) is 45.6 Å². The van der Waals surface area contributed by atoms with Gasteiger partial charge in [0.1, 0.15) is 5.75 Å². The van der Waals surface area contributed by atoms with Gasteiger partial charge in [0.25, 0.3) is 0 Å². The second-order valence-electron chi connectivity index (χ2n) is 6.26. The number of rotatable bonds is 7. The van der Waals surface area contributed by atoms with E-state index in [2.05, 4.69) is 16.5 Å². The summed E-state index contributed by atoms with van der Waals surface area (Å²) in [6, 6.07) is 3.72. The molecule has 1 aromatic carbocycles. The number of benzene rings is 1. The number of likely N-dealkylation sites (tertiary alicyclic amines) is 1. The van der Waals surface area contributed by atoms with Crippen LogP contribution in [-0.2, 0) is 10.0 Å². The Morgan fingerprint density at radius 2 is 1.87 bits per heavy atom. The summed E-state index contributed by atoms with van der Waals surface area (Å²) < 4.78 is 33.5. The van der Waals surface area contributed by atoms with Crippen LogP contribution in [0.15, 0.2) is 17.0 Å². The van der Waals surface area contributed by atoms with Gasteiger partial charge >= 0.3 is 0 Å². The Morgan fingerprint density at radius 1 is 1.22 bits per heavy atom. The van der Waals surface area contributed by atoms with Crippen molar-refractivity contribution < 1.29 is 13.2 Å². The van der Waals surface area contributed by atoms with Crippen LogP contribution < -0.4 is 9.46 Å². The van der Waals surface area contributed by atoms with Crippen molar-refractivity contribution >= 4 is 10.0 Å². The molecule has 0 spiro atoms. The zero-order valence-corrected chi connectivity index (χ0v) is 15.4. The molecule has 0 aromatic heterocycles. The zero-order valence-electron chi connectivity index (χ0n) is 14.6. The van der Waals surface area contributed by atoms with Gasteiger partial charge in [-0.05, 0) is 76.9 Å². The lowest BCUT2D eigenvalue weighted by molar-refractivity contribution is 0.260. The summed E-state index contributed by atoms with van der Waals surface area (Å²) in [4.78, 5) is 2.67. The second-order valence-corrected chi connectivity index (χ2v) is 8.00. The van der Waals surface area contributed by atoms with Gasteiger partial charge in [0.05, 0.1) is 11.5 Å². The zero-order chi connectivity index (χ0) is 17.0. The molecular formula is C17H28N2O3S. The van der Waals surface area contributed by atoms with Crippen molar-refractivity contribution in [1.82, 2.24) is 9.62 Å². The van der Waals surface area contributed by atoms with E-state index in [-0.39, 0.29) is 6.04 Å². The molecule has 6 heteroatoms. The van der Waals surface area contributed by atoms with E-state index in [1.165, 1.54) is 12.8 Å². The highest BCUT2D eigenvalue weighted by Crippen LogP contribution is 2.26. The molecule has 23 heavy (non-hydrogen) atoms. The van der Waals surface area contributed by atoms with Crippen LogP contribution in [0.4, 0.5) is 0 Å². The summed E-state index contributed by atoms with van der Waals surface area (Å²) >= 11 is 0. The first-order chi connectivity index (χ1) is 10.8. The van der Waals surface area contributed by atoms with E-state index in [4.69, 9.17) is 4.74 Å². The molecule has 0 bridgehead atoms. The minimum atomic E-state index is -3.50. The maximum Gasteiger partial charge on any atom is 0.240 e. The minimum Gasteiger partial charge on any atom is -0.494 e. The molecule has 0 amide bonds. The summed E-state index contributed by atoms with van der Waals surface area (Å²) in [5, 5.41) is 0. The molecule has 1 unspecified atom stereocenters. The second kappa shape index (κ2) is 7.64. The highest BCUT2D eigenvalue weighted by Gasteiger charge is 2.22. The van der Waals surface area contributed by atoms with E-state index < -0.39 is 10.0 Å². The molecule has 130 valence electrons. The van der Waals surface area contributed by atoms with Crippen LogP contribution in [0.5, 0.6) is 5.75 Å². The van der Waals surface area contributed by atoms with Gasteiger partial charge < -0.3 is 4.74 Å². The minimum absolute atomic E-state index is 0.219. The molecule has 0 saturated carbocycles. The standard InChI is InChI=1S/C17H28N2O3S/c1-5-22-16-10-14(3)17(11-13(16)2)23(20,21)18-12-15(4)19-8-6-7-9-19/h10-11,15,18H,5-9,12H2,1-4H3. The lowest BCUT2D eigenvalue weighted by Crippen LogP contribution is -2.40. The fourth-order valence-electron chi connectivity index (χ4n) is 2.98. The Morgan fingerprint density at radius 3 is 2.48 bits per heavy atom. The Labute approximate surface area is 140 Å². The average Bonchev–Trinajstić information content (AvgIpc) is 3.03. The smallest absolute Gasteiger partial charge is 0.240 e. The van der Waals surface area contributed by atoms with Gasteiger partial charge in [-0.15, -0.1) is 0 Å². The number of nitrogens with zero attached hydrogens (tertiary/aromatic N) is 1. The van der Waals surface area contributed by atoms with Crippen molar-refractivity contribution in [2.45, 2.75) is 51.5 Å². The topological polar surface area (TPSA) is 58.6 Å². The molecule has 1 aliphatic heterocycles. The summed E-state index contributed by atoms with van der Waals surface area (Å²) in [5.74, 6) is 0.745. The van der Waals surface area contributed by atoms with Crippen LogP contribution >= 0.6 is 0 Å². The number of nitrogens with one attached hydrogen (secondary N) is 1. The fraction of sp³-hybridized carbons (Fsp3) is 0.647. The highest BCUT2D eigenvalue weighted by atomic mass is 32.2. The van der Waals surface area contributed by atoms with Crippen LogP contribution in [0.25, 0.3) is 0 Å². The van der Waals surface area contributed by atoms with Crippen molar-refractivity contribution in [3.05, 3.63) is 23.3 Å². The van der Waals surface area contributed by atoms with E-state index >= 15 is 0 Å². The lowest BCUT2D eigenvalue weighted by atomic mass is 10.1. The quantitative estimate of drug-likeness (QED) is 0.828. The number of ether oxygens (including phenoxy) is 1. The Bertz CT molecular complexity index is 637. The lowest BCUT2D eigenvalue weighted by Gasteiger charge is -2.24. The predicted molar refractivity (Wildman–Crippen MR) is 92.5 cm³/mol. The van der Waals surface area contributed by atoms with E-state index in [9.17, 15) is 8.42 Å². The van der Waals surface area contributed by atoms with Crippen molar-refractivity contribution in [2.75, 3.05) is 26.2 Å². The SMILES string of the molecule is CCOc1cc(C)c(S(=O)(=O)NCC(C)N2CCCC2)cc1C.